The van der Waals surface area contributed by atoms with Crippen molar-refractivity contribution in [3.8, 4) is 11.4 Å². The molecule has 0 radical (unpaired) electrons. The van der Waals surface area contributed by atoms with Gasteiger partial charge in [0, 0.05) is 14.1 Å². The van der Waals surface area contributed by atoms with Crippen molar-refractivity contribution in [2.24, 2.45) is 0 Å². The minimum atomic E-state index is -0.552. The number of benzene rings is 3. The number of carbonyl (C=O) groups is 1. The molecule has 4 rings (SSSR count). The fourth-order valence-corrected chi connectivity index (χ4v) is 4.64. The van der Waals surface area contributed by atoms with Gasteiger partial charge in [0.25, 0.3) is 5.56 Å². The van der Waals surface area contributed by atoms with E-state index in [2.05, 4.69) is 0 Å². The summed E-state index contributed by atoms with van der Waals surface area (Å²) in [4.78, 5) is 33.0. The van der Waals surface area contributed by atoms with Crippen LogP contribution < -0.4 is 10.3 Å². The number of aromatic nitrogens is 2. The van der Waals surface area contributed by atoms with Crippen LogP contribution in [0.2, 0.25) is 0 Å². The third kappa shape index (κ3) is 4.24. The minimum Gasteiger partial charge on any atom is -0.497 e. The lowest BCUT2D eigenvalue weighted by Gasteiger charge is -2.22. The van der Waals surface area contributed by atoms with E-state index in [1.807, 2.05) is 60.7 Å². The van der Waals surface area contributed by atoms with Gasteiger partial charge >= 0.3 is 0 Å². The van der Waals surface area contributed by atoms with Gasteiger partial charge in [-0.15, -0.1) is 0 Å². The molecule has 0 aliphatic rings. The van der Waals surface area contributed by atoms with Crippen LogP contribution in [0.25, 0.3) is 16.6 Å². The first-order valence-electron chi connectivity index (χ1n) is 10.1. The molecular formula is C25H23N3O3S. The fraction of sp³-hybridized carbons (Fsp3) is 0.160. The molecule has 0 saturated carbocycles. The van der Waals surface area contributed by atoms with Crippen molar-refractivity contribution in [2.75, 3.05) is 21.2 Å². The SMILES string of the molecule is COc1ccc(-n2c(SC(C(=O)N(C)C)c3ccccc3)nc3ccccc3c2=O)cc1. The first-order chi connectivity index (χ1) is 15.5. The molecule has 7 heteroatoms. The highest BCUT2D eigenvalue weighted by Crippen LogP contribution is 2.36. The Balaban J connectivity index is 1.91. The summed E-state index contributed by atoms with van der Waals surface area (Å²) in [7, 11) is 5.05. The molecule has 0 aliphatic carbocycles. The number of amides is 1. The van der Waals surface area contributed by atoms with E-state index >= 15 is 0 Å². The van der Waals surface area contributed by atoms with Gasteiger partial charge in [-0.3, -0.25) is 14.2 Å². The molecule has 32 heavy (non-hydrogen) atoms. The predicted molar refractivity (Wildman–Crippen MR) is 128 cm³/mol. The van der Waals surface area contributed by atoms with E-state index in [0.717, 1.165) is 5.56 Å². The zero-order valence-corrected chi connectivity index (χ0v) is 18.9. The van der Waals surface area contributed by atoms with Crippen LogP contribution in [0.5, 0.6) is 5.75 Å². The van der Waals surface area contributed by atoms with E-state index in [-0.39, 0.29) is 11.5 Å². The van der Waals surface area contributed by atoms with Crippen molar-refractivity contribution in [3.63, 3.8) is 0 Å². The molecule has 1 heterocycles. The monoisotopic (exact) mass is 445 g/mol. The Morgan fingerprint density at radius 3 is 2.28 bits per heavy atom. The molecule has 0 spiro atoms. The van der Waals surface area contributed by atoms with Crippen LogP contribution in [0.15, 0.2) is 88.8 Å². The average Bonchev–Trinajstić information content (AvgIpc) is 2.83. The normalized spacial score (nSPS) is 11.8. The van der Waals surface area contributed by atoms with E-state index in [9.17, 15) is 9.59 Å². The second-order valence-electron chi connectivity index (χ2n) is 7.39. The summed E-state index contributed by atoms with van der Waals surface area (Å²) in [5.41, 5.74) is 1.90. The Morgan fingerprint density at radius 1 is 0.969 bits per heavy atom. The molecule has 0 bridgehead atoms. The first kappa shape index (κ1) is 21.6. The molecule has 1 unspecified atom stereocenters. The van der Waals surface area contributed by atoms with Gasteiger partial charge in [0.2, 0.25) is 5.91 Å². The van der Waals surface area contributed by atoms with Crippen LogP contribution in [0.3, 0.4) is 0 Å². The van der Waals surface area contributed by atoms with Gasteiger partial charge in [-0.05, 0) is 42.0 Å². The van der Waals surface area contributed by atoms with E-state index < -0.39 is 5.25 Å². The van der Waals surface area contributed by atoms with Gasteiger partial charge in [-0.2, -0.15) is 0 Å². The third-order valence-corrected chi connectivity index (χ3v) is 6.26. The Kier molecular flexibility index (Phi) is 6.28. The van der Waals surface area contributed by atoms with E-state index in [0.29, 0.717) is 27.5 Å². The zero-order valence-electron chi connectivity index (χ0n) is 18.1. The van der Waals surface area contributed by atoms with Crippen LogP contribution in [-0.2, 0) is 4.79 Å². The molecule has 0 N–H and O–H groups in total. The van der Waals surface area contributed by atoms with Crippen LogP contribution in [0.1, 0.15) is 10.8 Å². The largest absolute Gasteiger partial charge is 0.497 e. The summed E-state index contributed by atoms with van der Waals surface area (Å²) in [6, 6.07) is 24.0. The van der Waals surface area contributed by atoms with E-state index in [4.69, 9.17) is 9.72 Å². The Bertz CT molecular complexity index is 1300. The number of rotatable bonds is 6. The highest BCUT2D eigenvalue weighted by Gasteiger charge is 2.26. The highest BCUT2D eigenvalue weighted by molar-refractivity contribution is 8.00. The predicted octanol–water partition coefficient (Wildman–Crippen LogP) is 4.32. The topological polar surface area (TPSA) is 64.4 Å². The summed E-state index contributed by atoms with van der Waals surface area (Å²) >= 11 is 1.27. The van der Waals surface area contributed by atoms with Crippen LogP contribution in [0.4, 0.5) is 0 Å². The van der Waals surface area contributed by atoms with Crippen LogP contribution >= 0.6 is 11.8 Å². The van der Waals surface area contributed by atoms with Crippen molar-refractivity contribution in [2.45, 2.75) is 10.4 Å². The van der Waals surface area contributed by atoms with Crippen LogP contribution in [0, 0.1) is 0 Å². The van der Waals surface area contributed by atoms with Crippen molar-refractivity contribution in [3.05, 3.63) is 94.8 Å². The Morgan fingerprint density at radius 2 is 1.62 bits per heavy atom. The second kappa shape index (κ2) is 9.28. The molecule has 3 aromatic carbocycles. The van der Waals surface area contributed by atoms with Crippen molar-refractivity contribution in [1.29, 1.82) is 0 Å². The van der Waals surface area contributed by atoms with Crippen molar-refractivity contribution in [1.82, 2.24) is 14.5 Å². The maximum absolute atomic E-state index is 13.5. The van der Waals surface area contributed by atoms with E-state index in [1.165, 1.54) is 11.8 Å². The number of thioether (sulfide) groups is 1. The number of carbonyl (C=O) groups excluding carboxylic acids is 1. The standard InChI is InChI=1S/C25H23N3O3S/c1-27(2)24(30)22(17-9-5-4-6-10-17)32-25-26-21-12-8-7-11-20(21)23(29)28(25)18-13-15-19(31-3)16-14-18/h4-16,22H,1-3H3. The molecule has 162 valence electrons. The molecule has 1 atom stereocenters. The lowest BCUT2D eigenvalue weighted by atomic mass is 10.1. The maximum atomic E-state index is 13.5. The molecule has 0 saturated heterocycles. The first-order valence-corrected chi connectivity index (χ1v) is 11.0. The highest BCUT2D eigenvalue weighted by atomic mass is 32.2. The van der Waals surface area contributed by atoms with E-state index in [1.54, 1.807) is 48.9 Å². The summed E-state index contributed by atoms with van der Waals surface area (Å²) in [6.45, 7) is 0. The van der Waals surface area contributed by atoms with Gasteiger partial charge < -0.3 is 9.64 Å². The number of nitrogens with zero attached hydrogens (tertiary/aromatic N) is 3. The smallest absolute Gasteiger partial charge is 0.266 e. The van der Waals surface area contributed by atoms with Gasteiger partial charge in [-0.1, -0.05) is 54.2 Å². The zero-order chi connectivity index (χ0) is 22.7. The number of methoxy groups -OCH3 is 1. The van der Waals surface area contributed by atoms with Crippen molar-refractivity contribution < 1.29 is 9.53 Å². The summed E-state index contributed by atoms with van der Waals surface area (Å²) < 4.78 is 6.82. The summed E-state index contributed by atoms with van der Waals surface area (Å²) in [5, 5.41) is 0.412. The number of para-hydroxylation sites is 1. The maximum Gasteiger partial charge on any atom is 0.266 e. The molecule has 6 nitrogen and oxygen atoms in total. The molecule has 0 aliphatic heterocycles. The number of hydrogen-bond acceptors (Lipinski definition) is 5. The average molecular weight is 446 g/mol. The second-order valence-corrected chi connectivity index (χ2v) is 8.46. The lowest BCUT2D eigenvalue weighted by molar-refractivity contribution is -0.128. The lowest BCUT2D eigenvalue weighted by Crippen LogP contribution is -2.28. The molecule has 1 amide bonds. The quantitative estimate of drug-likeness (QED) is 0.327. The molecular weight excluding hydrogens is 422 g/mol. The van der Waals surface area contributed by atoms with Crippen LogP contribution in [-0.4, -0.2) is 41.6 Å². The molecule has 0 fully saturated rings. The van der Waals surface area contributed by atoms with Gasteiger partial charge in [0.1, 0.15) is 11.0 Å². The fourth-order valence-electron chi connectivity index (χ4n) is 3.38. The van der Waals surface area contributed by atoms with Gasteiger partial charge in [-0.25, -0.2) is 4.98 Å². The molecule has 4 aromatic rings. The number of likely N-dealkylation sites (N-methyl/N-ethyl adjacent to an activating group) is 1. The minimum absolute atomic E-state index is 0.0788. The number of fused-ring (bicyclic) bond motifs is 1. The van der Waals surface area contributed by atoms with Gasteiger partial charge in [0.15, 0.2) is 5.16 Å². The third-order valence-electron chi connectivity index (χ3n) is 5.07. The number of ether oxygens (including phenoxy) is 1. The van der Waals surface area contributed by atoms with Gasteiger partial charge in [0.05, 0.1) is 23.7 Å². The Hall–Kier alpha value is -3.58. The summed E-state index contributed by atoms with van der Waals surface area (Å²) in [5.74, 6) is 0.611. The Labute approximate surface area is 190 Å². The van der Waals surface area contributed by atoms with Crippen molar-refractivity contribution >= 4 is 28.6 Å². The number of hydrogen-bond donors (Lipinski definition) is 0. The molecule has 1 aromatic heterocycles. The summed E-state index contributed by atoms with van der Waals surface area (Å²) in [6.07, 6.45) is 0.